The van der Waals surface area contributed by atoms with Gasteiger partial charge in [0.2, 0.25) is 0 Å². The zero-order valence-corrected chi connectivity index (χ0v) is 23.0. The molecule has 0 aromatic heterocycles. The largest absolute Gasteiger partial charge is 0.494 e. The highest BCUT2D eigenvalue weighted by molar-refractivity contribution is 6.31. The zero-order valence-electron chi connectivity index (χ0n) is 22.3. The number of aliphatic carboxylic acids is 1. The fraction of sp³-hybridized carbons (Fsp3) is 0.194. The van der Waals surface area contributed by atoms with E-state index < -0.39 is 23.6 Å². The maximum atomic E-state index is 15.2. The quantitative estimate of drug-likeness (QED) is 0.151. The molecule has 1 fully saturated rings. The number of carbonyl (C=O) groups excluding carboxylic acids is 1. The maximum absolute atomic E-state index is 15.2. The number of ether oxygens (including phenoxy) is 1. The highest BCUT2D eigenvalue weighted by Gasteiger charge is 2.27. The van der Waals surface area contributed by atoms with E-state index in [1.807, 2.05) is 0 Å². The van der Waals surface area contributed by atoms with E-state index >= 15 is 4.39 Å². The van der Waals surface area contributed by atoms with Crippen LogP contribution in [0, 0.1) is 29.5 Å². The molecule has 1 aliphatic heterocycles. The third-order valence-electron chi connectivity index (χ3n) is 6.84. The summed E-state index contributed by atoms with van der Waals surface area (Å²) in [6.07, 6.45) is 6.23. The first kappa shape index (κ1) is 29.2. The third-order valence-corrected chi connectivity index (χ3v) is 7.06. The van der Waals surface area contributed by atoms with E-state index in [1.54, 1.807) is 35.2 Å². The molecule has 1 amide bonds. The number of hydrogen-bond acceptors (Lipinski definition) is 5. The van der Waals surface area contributed by atoms with Crippen molar-refractivity contribution in [1.82, 2.24) is 4.90 Å². The number of benzene rings is 3. The van der Waals surface area contributed by atoms with Gasteiger partial charge in [0.15, 0.2) is 0 Å². The molecular formula is C31H28ClFN4O4. The maximum Gasteiger partial charge on any atom is 0.306 e. The second-order valence-corrected chi connectivity index (χ2v) is 9.89. The predicted molar refractivity (Wildman–Crippen MR) is 158 cm³/mol. The van der Waals surface area contributed by atoms with Crippen LogP contribution in [0.5, 0.6) is 5.75 Å². The Labute approximate surface area is 242 Å². The second kappa shape index (κ2) is 12.6. The highest BCUT2D eigenvalue weighted by Crippen LogP contribution is 2.37. The van der Waals surface area contributed by atoms with Crippen molar-refractivity contribution in [2.45, 2.75) is 12.8 Å². The van der Waals surface area contributed by atoms with Crippen LogP contribution in [0.1, 0.15) is 39.9 Å². The molecule has 0 radical (unpaired) electrons. The fourth-order valence-corrected chi connectivity index (χ4v) is 4.77. The average molecular weight is 575 g/mol. The van der Waals surface area contributed by atoms with Crippen molar-refractivity contribution in [3.05, 3.63) is 94.3 Å². The SMILES string of the molecule is C#Cc1ccc(NC(=C)c2cc(Cl)cc(OC)c2NC(=O)c2ccc(C(=N)N3CCC(C(=O)O)CC3)cc2F)cc1. The van der Waals surface area contributed by atoms with E-state index in [0.717, 1.165) is 6.07 Å². The molecule has 8 nitrogen and oxygen atoms in total. The number of nitrogens with one attached hydrogen (secondary N) is 3. The topological polar surface area (TPSA) is 115 Å². The summed E-state index contributed by atoms with van der Waals surface area (Å²) in [6.45, 7) is 4.83. The highest BCUT2D eigenvalue weighted by atomic mass is 35.5. The van der Waals surface area contributed by atoms with Gasteiger partial charge in [-0.15, -0.1) is 6.42 Å². The van der Waals surface area contributed by atoms with E-state index in [2.05, 4.69) is 23.1 Å². The molecule has 210 valence electrons. The summed E-state index contributed by atoms with van der Waals surface area (Å²) in [7, 11) is 1.42. The van der Waals surface area contributed by atoms with Crippen molar-refractivity contribution in [2.75, 3.05) is 30.8 Å². The third kappa shape index (κ3) is 6.68. The van der Waals surface area contributed by atoms with Crippen LogP contribution in [0.25, 0.3) is 5.70 Å². The number of carboxylic acids is 1. The van der Waals surface area contributed by atoms with Gasteiger partial charge in [0.1, 0.15) is 17.4 Å². The Kier molecular flexibility index (Phi) is 8.95. The molecule has 0 unspecified atom stereocenters. The van der Waals surface area contributed by atoms with E-state index in [-0.39, 0.29) is 28.4 Å². The Morgan fingerprint density at radius 2 is 1.80 bits per heavy atom. The minimum absolute atomic E-state index is 0.0685. The molecule has 3 aromatic carbocycles. The molecule has 4 N–H and O–H groups in total. The zero-order chi connectivity index (χ0) is 29.7. The molecule has 1 aliphatic rings. The molecule has 10 heteroatoms. The molecule has 41 heavy (non-hydrogen) atoms. The van der Waals surface area contributed by atoms with Crippen LogP contribution in [0.4, 0.5) is 15.8 Å². The first-order valence-electron chi connectivity index (χ1n) is 12.7. The summed E-state index contributed by atoms with van der Waals surface area (Å²) < 4.78 is 20.7. The monoisotopic (exact) mass is 574 g/mol. The summed E-state index contributed by atoms with van der Waals surface area (Å²) in [4.78, 5) is 26.2. The van der Waals surface area contributed by atoms with Crippen molar-refractivity contribution in [1.29, 1.82) is 5.41 Å². The van der Waals surface area contributed by atoms with Crippen molar-refractivity contribution in [2.24, 2.45) is 5.92 Å². The van der Waals surface area contributed by atoms with Gasteiger partial charge >= 0.3 is 5.97 Å². The Morgan fingerprint density at radius 3 is 2.39 bits per heavy atom. The van der Waals surface area contributed by atoms with E-state index in [1.165, 1.54) is 25.3 Å². The standard InChI is InChI=1S/C31H28ClFN4O4/c1-4-19-5-8-23(9-6-19)35-18(2)25-16-22(32)17-27(41-3)28(25)36-30(38)24-10-7-21(15-26(24)33)29(34)37-13-11-20(12-14-37)31(39)40/h1,5-10,15-17,20,34-35H,2,11-14H2,3H3,(H,36,38)(H,39,40). The predicted octanol–water partition coefficient (Wildman–Crippen LogP) is 5.93. The van der Waals surface area contributed by atoms with Gasteiger partial charge in [0, 0.05) is 52.3 Å². The first-order chi connectivity index (χ1) is 19.6. The van der Waals surface area contributed by atoms with Crippen LogP contribution in [0.2, 0.25) is 5.02 Å². The van der Waals surface area contributed by atoms with Gasteiger partial charge in [0.05, 0.1) is 24.3 Å². The molecule has 0 aliphatic carbocycles. The van der Waals surface area contributed by atoms with Crippen LogP contribution in [-0.4, -0.2) is 47.9 Å². The molecule has 3 aromatic rings. The van der Waals surface area contributed by atoms with Gasteiger partial charge in [-0.05, 0) is 55.3 Å². The molecule has 0 saturated carbocycles. The molecule has 0 bridgehead atoms. The molecule has 1 heterocycles. The molecular weight excluding hydrogens is 547 g/mol. The first-order valence-corrected chi connectivity index (χ1v) is 13.1. The number of carboxylic acid groups (broad SMARTS) is 1. The number of anilines is 2. The van der Waals surface area contributed by atoms with E-state index in [0.29, 0.717) is 53.5 Å². The normalized spacial score (nSPS) is 13.2. The van der Waals surface area contributed by atoms with Crippen LogP contribution in [0.15, 0.2) is 61.2 Å². The van der Waals surface area contributed by atoms with Crippen LogP contribution >= 0.6 is 11.6 Å². The van der Waals surface area contributed by atoms with E-state index in [9.17, 15) is 14.7 Å². The number of amidine groups is 1. The number of likely N-dealkylation sites (tertiary alicyclic amines) is 1. The summed E-state index contributed by atoms with van der Waals surface area (Å²) in [5.74, 6) is 0.00932. The van der Waals surface area contributed by atoms with Gasteiger partial charge < -0.3 is 25.4 Å². The number of rotatable bonds is 8. The van der Waals surface area contributed by atoms with Gasteiger partial charge in [-0.2, -0.15) is 0 Å². The van der Waals surface area contributed by atoms with Crippen LogP contribution in [0.3, 0.4) is 0 Å². The van der Waals surface area contributed by atoms with Crippen LogP contribution in [-0.2, 0) is 4.79 Å². The summed E-state index contributed by atoms with van der Waals surface area (Å²) in [5, 5.41) is 23.9. The lowest BCUT2D eigenvalue weighted by molar-refractivity contribution is -0.143. The number of halogens is 2. The smallest absolute Gasteiger partial charge is 0.306 e. The van der Waals surface area contributed by atoms with Crippen molar-refractivity contribution >= 4 is 46.4 Å². The summed E-state index contributed by atoms with van der Waals surface area (Å²) >= 11 is 6.30. The van der Waals surface area contributed by atoms with Gasteiger partial charge in [-0.3, -0.25) is 15.0 Å². The lowest BCUT2D eigenvalue weighted by Crippen LogP contribution is -2.40. The van der Waals surface area contributed by atoms with Gasteiger partial charge in [-0.1, -0.05) is 30.2 Å². The number of hydrogen-bond donors (Lipinski definition) is 4. The lowest BCUT2D eigenvalue weighted by Gasteiger charge is -2.32. The number of terminal acetylenes is 1. The Balaban J connectivity index is 1.54. The summed E-state index contributed by atoms with van der Waals surface area (Å²) in [5.41, 5.74) is 2.50. The fourth-order valence-electron chi connectivity index (χ4n) is 4.56. The van der Waals surface area contributed by atoms with Gasteiger partial charge in [0.25, 0.3) is 5.91 Å². The van der Waals surface area contributed by atoms with Crippen molar-refractivity contribution in [3.8, 4) is 18.1 Å². The Hall–Kier alpha value is -4.81. The number of nitrogens with zero attached hydrogens (tertiary/aromatic N) is 1. The number of methoxy groups -OCH3 is 1. The minimum atomic E-state index is -0.851. The molecule has 1 saturated heterocycles. The van der Waals surface area contributed by atoms with E-state index in [4.69, 9.17) is 28.2 Å². The van der Waals surface area contributed by atoms with Crippen molar-refractivity contribution in [3.63, 3.8) is 0 Å². The summed E-state index contributed by atoms with van der Waals surface area (Å²) in [6, 6.07) is 14.1. The second-order valence-electron chi connectivity index (χ2n) is 9.45. The number of amides is 1. The van der Waals surface area contributed by atoms with Crippen molar-refractivity contribution < 1.29 is 23.8 Å². The molecule has 4 rings (SSSR count). The molecule has 0 spiro atoms. The minimum Gasteiger partial charge on any atom is -0.494 e. The van der Waals surface area contributed by atoms with Crippen LogP contribution < -0.4 is 15.4 Å². The van der Waals surface area contributed by atoms with Gasteiger partial charge in [-0.25, -0.2) is 4.39 Å². The number of carbonyl (C=O) groups is 2. The average Bonchev–Trinajstić information content (AvgIpc) is 2.97. The Morgan fingerprint density at radius 1 is 1.12 bits per heavy atom. The molecule has 0 atom stereocenters. The lowest BCUT2D eigenvalue weighted by atomic mass is 9.96. The number of piperidine rings is 1. The Bertz CT molecular complexity index is 1560.